The summed E-state index contributed by atoms with van der Waals surface area (Å²) in [5.41, 5.74) is 2.44. The normalized spacial score (nSPS) is 11.6. The highest BCUT2D eigenvalue weighted by molar-refractivity contribution is 5.69. The van der Waals surface area contributed by atoms with E-state index in [1.807, 2.05) is 54.6 Å². The van der Waals surface area contributed by atoms with Gasteiger partial charge in [0.25, 0.3) is 0 Å². The van der Waals surface area contributed by atoms with Gasteiger partial charge in [-0.2, -0.15) is 0 Å². The van der Waals surface area contributed by atoms with E-state index in [2.05, 4.69) is 43.3 Å². The van der Waals surface area contributed by atoms with Crippen LogP contribution in [0.4, 0.5) is 0 Å². The Kier molecular flexibility index (Phi) is 29.3. The zero-order valence-corrected chi connectivity index (χ0v) is 34.7. The van der Waals surface area contributed by atoms with Crippen molar-refractivity contribution < 1.29 is 56.9 Å². The van der Waals surface area contributed by atoms with Gasteiger partial charge in [-0.1, -0.05) is 117 Å². The lowest BCUT2D eigenvalue weighted by atomic mass is 9.80. The molecule has 0 radical (unpaired) electrons. The SMILES string of the molecule is CCCCCCC(=O)OCCOCCOCCOCCOCCOCCOCCOCCOCCOCCOC(c1ccccc1)(c1ccccc1)c1ccccc1. The number of hydrogen-bond donors (Lipinski definition) is 0. The first-order chi connectivity index (χ1) is 28.8. The molecule has 0 spiro atoms. The fourth-order valence-electron chi connectivity index (χ4n) is 5.87. The van der Waals surface area contributed by atoms with E-state index in [0.29, 0.717) is 132 Å². The van der Waals surface area contributed by atoms with Crippen LogP contribution in [-0.2, 0) is 62.5 Å². The number of rotatable bonds is 39. The van der Waals surface area contributed by atoms with Gasteiger partial charge >= 0.3 is 5.97 Å². The van der Waals surface area contributed by atoms with Crippen LogP contribution >= 0.6 is 0 Å². The Hall–Kier alpha value is -3.27. The molecule has 3 rings (SSSR count). The molecule has 0 aliphatic carbocycles. The molecule has 3 aromatic rings. The van der Waals surface area contributed by atoms with Gasteiger partial charge in [-0.05, 0) is 23.1 Å². The highest BCUT2D eigenvalue weighted by atomic mass is 16.6. The Morgan fingerprint density at radius 2 is 0.672 bits per heavy atom. The van der Waals surface area contributed by atoms with Gasteiger partial charge < -0.3 is 52.1 Å². The summed E-state index contributed by atoms with van der Waals surface area (Å²) in [4.78, 5) is 11.6. The van der Waals surface area contributed by atoms with E-state index in [0.717, 1.165) is 42.4 Å². The molecule has 0 aliphatic rings. The Labute approximate surface area is 346 Å². The molecule has 12 heteroatoms. The number of benzene rings is 3. The summed E-state index contributed by atoms with van der Waals surface area (Å²) in [7, 11) is 0. The van der Waals surface area contributed by atoms with E-state index >= 15 is 0 Å². The predicted octanol–water partition coefficient (Wildman–Crippen LogP) is 6.66. The van der Waals surface area contributed by atoms with Gasteiger partial charge in [0, 0.05) is 6.42 Å². The van der Waals surface area contributed by atoms with Crippen LogP contribution in [0, 0.1) is 0 Å². The minimum atomic E-state index is -0.755. The number of carbonyl (C=O) groups is 1. The Morgan fingerprint density at radius 1 is 0.379 bits per heavy atom. The van der Waals surface area contributed by atoms with Crippen molar-refractivity contribution in [2.75, 3.05) is 132 Å². The van der Waals surface area contributed by atoms with Crippen LogP contribution in [0.15, 0.2) is 91.0 Å². The molecule has 0 aliphatic heterocycles. The third kappa shape index (κ3) is 22.2. The van der Waals surface area contributed by atoms with Crippen molar-refractivity contribution in [3.05, 3.63) is 108 Å². The molecule has 0 N–H and O–H groups in total. The summed E-state index contributed by atoms with van der Waals surface area (Å²) in [6.07, 6.45) is 4.75. The Bertz CT molecular complexity index is 1250. The van der Waals surface area contributed by atoms with Crippen LogP contribution in [0.1, 0.15) is 55.7 Å². The molecule has 0 atom stereocenters. The molecular formula is C46H68O12. The Balaban J connectivity index is 1.04. The summed E-state index contributed by atoms with van der Waals surface area (Å²) in [5.74, 6) is -0.154. The number of esters is 1. The average Bonchev–Trinajstić information content (AvgIpc) is 3.26. The second-order valence-corrected chi connectivity index (χ2v) is 13.2. The molecule has 58 heavy (non-hydrogen) atoms. The fraction of sp³-hybridized carbons (Fsp3) is 0.587. The smallest absolute Gasteiger partial charge is 0.305 e. The zero-order chi connectivity index (χ0) is 40.9. The molecule has 0 heterocycles. The maximum absolute atomic E-state index is 11.6. The standard InChI is InChI=1S/C46H68O12/c1-2-3-4-14-21-45(47)57-40-38-55-36-34-53-32-30-51-28-26-49-24-22-48-23-25-50-27-29-52-31-33-54-35-37-56-39-41-58-46(42-15-8-5-9-16-42,43-17-10-6-11-18-43)44-19-12-7-13-20-44/h5-13,15-20H,2-4,14,21-41H2,1H3. The molecule has 0 unspecified atom stereocenters. The van der Waals surface area contributed by atoms with Crippen molar-refractivity contribution in [1.29, 1.82) is 0 Å². The van der Waals surface area contributed by atoms with Crippen molar-refractivity contribution >= 4 is 5.97 Å². The minimum absolute atomic E-state index is 0.154. The molecular weight excluding hydrogens is 744 g/mol. The molecule has 12 nitrogen and oxygen atoms in total. The van der Waals surface area contributed by atoms with Crippen molar-refractivity contribution in [2.45, 2.75) is 44.6 Å². The molecule has 0 bridgehead atoms. The van der Waals surface area contributed by atoms with Crippen LogP contribution in [-0.4, -0.2) is 138 Å². The number of ether oxygens (including phenoxy) is 11. The zero-order valence-electron chi connectivity index (χ0n) is 34.7. The molecule has 3 aromatic carbocycles. The van der Waals surface area contributed by atoms with E-state index in [-0.39, 0.29) is 12.6 Å². The first-order valence-electron chi connectivity index (χ1n) is 20.9. The second kappa shape index (κ2) is 34.6. The molecule has 0 amide bonds. The fourth-order valence-corrected chi connectivity index (χ4v) is 5.87. The van der Waals surface area contributed by atoms with Gasteiger partial charge in [-0.25, -0.2) is 0 Å². The minimum Gasteiger partial charge on any atom is -0.463 e. The summed E-state index contributed by atoms with van der Waals surface area (Å²) in [6.45, 7) is 11.4. The number of hydrogen-bond acceptors (Lipinski definition) is 12. The first kappa shape index (κ1) is 49.1. The average molecular weight is 813 g/mol. The summed E-state index contributed by atoms with van der Waals surface area (Å²) >= 11 is 0. The lowest BCUT2D eigenvalue weighted by Gasteiger charge is -2.36. The largest absolute Gasteiger partial charge is 0.463 e. The topological polar surface area (TPSA) is 119 Å². The van der Waals surface area contributed by atoms with E-state index in [4.69, 9.17) is 52.1 Å². The van der Waals surface area contributed by atoms with Gasteiger partial charge in [0.1, 0.15) is 12.2 Å². The summed E-state index contributed by atoms with van der Waals surface area (Å²) in [5, 5.41) is 0. The maximum atomic E-state index is 11.6. The molecule has 0 aromatic heterocycles. The third-order valence-electron chi connectivity index (χ3n) is 8.79. The van der Waals surface area contributed by atoms with Crippen LogP contribution in [0.25, 0.3) is 0 Å². The highest BCUT2D eigenvalue weighted by Crippen LogP contribution is 2.40. The quantitative estimate of drug-likeness (QED) is 0.0349. The van der Waals surface area contributed by atoms with E-state index in [1.165, 1.54) is 0 Å². The van der Waals surface area contributed by atoms with E-state index in [1.54, 1.807) is 0 Å². The van der Waals surface area contributed by atoms with Crippen LogP contribution in [0.3, 0.4) is 0 Å². The van der Waals surface area contributed by atoms with Gasteiger partial charge in [0.15, 0.2) is 0 Å². The molecule has 0 saturated heterocycles. The molecule has 324 valence electrons. The van der Waals surface area contributed by atoms with E-state index < -0.39 is 5.60 Å². The van der Waals surface area contributed by atoms with Crippen molar-refractivity contribution in [3.63, 3.8) is 0 Å². The van der Waals surface area contributed by atoms with Gasteiger partial charge in [0.05, 0.1) is 126 Å². The van der Waals surface area contributed by atoms with Crippen LogP contribution in [0.5, 0.6) is 0 Å². The van der Waals surface area contributed by atoms with Gasteiger partial charge in [-0.15, -0.1) is 0 Å². The van der Waals surface area contributed by atoms with E-state index in [9.17, 15) is 4.79 Å². The summed E-state index contributed by atoms with van der Waals surface area (Å²) < 4.78 is 62.0. The lowest BCUT2D eigenvalue weighted by molar-refractivity contribution is -0.145. The van der Waals surface area contributed by atoms with Crippen molar-refractivity contribution in [3.8, 4) is 0 Å². The van der Waals surface area contributed by atoms with Crippen LogP contribution < -0.4 is 0 Å². The third-order valence-corrected chi connectivity index (χ3v) is 8.79. The second-order valence-electron chi connectivity index (χ2n) is 13.2. The van der Waals surface area contributed by atoms with Crippen molar-refractivity contribution in [1.82, 2.24) is 0 Å². The Morgan fingerprint density at radius 3 is 0.983 bits per heavy atom. The first-order valence-corrected chi connectivity index (χ1v) is 20.9. The van der Waals surface area contributed by atoms with Crippen molar-refractivity contribution in [2.24, 2.45) is 0 Å². The molecule has 0 fully saturated rings. The molecule has 0 saturated carbocycles. The lowest BCUT2D eigenvalue weighted by Crippen LogP contribution is -2.34. The summed E-state index contributed by atoms with van der Waals surface area (Å²) in [6, 6.07) is 31.0. The van der Waals surface area contributed by atoms with Gasteiger partial charge in [0.2, 0.25) is 0 Å². The van der Waals surface area contributed by atoms with Gasteiger partial charge in [-0.3, -0.25) is 4.79 Å². The number of unbranched alkanes of at least 4 members (excludes halogenated alkanes) is 3. The highest BCUT2D eigenvalue weighted by Gasteiger charge is 2.37. The maximum Gasteiger partial charge on any atom is 0.305 e. The monoisotopic (exact) mass is 812 g/mol. The predicted molar refractivity (Wildman–Crippen MR) is 222 cm³/mol. The number of carbonyl (C=O) groups excluding carboxylic acids is 1. The van der Waals surface area contributed by atoms with Crippen LogP contribution in [0.2, 0.25) is 0 Å².